The number of aromatic nitrogens is 2. The first kappa shape index (κ1) is 16.7. The monoisotopic (exact) mass is 301 g/mol. The van der Waals surface area contributed by atoms with Gasteiger partial charge in [-0.3, -0.25) is 5.10 Å². The number of H-pyrrole nitrogens is 1. The van der Waals surface area contributed by atoms with E-state index in [-0.39, 0.29) is 12.0 Å². The molecular formula is C18H27N3O. The van der Waals surface area contributed by atoms with Crippen LogP contribution in [0, 0.1) is 19.3 Å². The van der Waals surface area contributed by atoms with Crippen LogP contribution in [0.2, 0.25) is 0 Å². The van der Waals surface area contributed by atoms with E-state index >= 15 is 0 Å². The predicted molar refractivity (Wildman–Crippen MR) is 90.7 cm³/mol. The zero-order valence-electron chi connectivity index (χ0n) is 14.3. The van der Waals surface area contributed by atoms with Gasteiger partial charge in [0.25, 0.3) is 0 Å². The number of aromatic amines is 1. The molecule has 1 aromatic heterocycles. The van der Waals surface area contributed by atoms with Crippen LogP contribution in [0.1, 0.15) is 30.5 Å². The van der Waals surface area contributed by atoms with Crippen molar-refractivity contribution >= 4 is 0 Å². The molecule has 0 aliphatic rings. The molecule has 0 atom stereocenters. The molecule has 0 bridgehead atoms. The summed E-state index contributed by atoms with van der Waals surface area (Å²) in [6.45, 7) is 10.2. The maximum atomic E-state index is 9.42. The van der Waals surface area contributed by atoms with Crippen LogP contribution in [0.3, 0.4) is 0 Å². The minimum absolute atomic E-state index is 0.0993. The SMILES string of the molecule is Cc1ccc(C)c(-c2[nH]ncc2CN(C)CC(C)(C)CO)c1. The molecule has 0 radical (unpaired) electrons. The average molecular weight is 301 g/mol. The fourth-order valence-corrected chi connectivity index (χ4v) is 2.80. The molecule has 120 valence electrons. The summed E-state index contributed by atoms with van der Waals surface area (Å²) < 4.78 is 0. The zero-order chi connectivity index (χ0) is 16.3. The lowest BCUT2D eigenvalue weighted by Crippen LogP contribution is -2.33. The largest absolute Gasteiger partial charge is 0.396 e. The van der Waals surface area contributed by atoms with E-state index in [4.69, 9.17) is 0 Å². The number of aliphatic hydroxyl groups excluding tert-OH is 1. The van der Waals surface area contributed by atoms with Gasteiger partial charge in [0.2, 0.25) is 0 Å². The van der Waals surface area contributed by atoms with Crippen LogP contribution in [0.4, 0.5) is 0 Å². The summed E-state index contributed by atoms with van der Waals surface area (Å²) in [6, 6.07) is 6.47. The summed E-state index contributed by atoms with van der Waals surface area (Å²) in [4.78, 5) is 2.23. The fourth-order valence-electron chi connectivity index (χ4n) is 2.80. The highest BCUT2D eigenvalue weighted by molar-refractivity contribution is 5.67. The quantitative estimate of drug-likeness (QED) is 0.862. The molecule has 2 aromatic rings. The Kier molecular flexibility index (Phi) is 5.04. The third-order valence-corrected chi connectivity index (χ3v) is 3.95. The second-order valence-corrected chi connectivity index (χ2v) is 7.08. The maximum absolute atomic E-state index is 9.42. The second-order valence-electron chi connectivity index (χ2n) is 7.08. The number of aryl methyl sites for hydroxylation is 2. The number of hydrogen-bond acceptors (Lipinski definition) is 3. The second kappa shape index (κ2) is 6.63. The molecule has 0 saturated carbocycles. The van der Waals surface area contributed by atoms with E-state index in [1.165, 1.54) is 22.3 Å². The Morgan fingerprint density at radius 1 is 1.27 bits per heavy atom. The molecule has 0 saturated heterocycles. The molecule has 0 aliphatic carbocycles. The molecule has 2 N–H and O–H groups in total. The van der Waals surface area contributed by atoms with Crippen molar-refractivity contribution in [1.29, 1.82) is 0 Å². The van der Waals surface area contributed by atoms with Crippen LogP contribution in [-0.4, -0.2) is 40.4 Å². The number of hydrogen-bond donors (Lipinski definition) is 2. The van der Waals surface area contributed by atoms with Gasteiger partial charge in [-0.05, 0) is 32.5 Å². The Labute approximate surface area is 133 Å². The molecule has 2 rings (SSSR count). The standard InChI is InChI=1S/C18H27N3O/c1-13-6-7-14(2)16(8-13)17-15(9-19-20-17)10-21(5)11-18(3,4)12-22/h6-9,22H,10-12H2,1-5H3,(H,19,20). The van der Waals surface area contributed by atoms with Gasteiger partial charge in [-0.2, -0.15) is 5.10 Å². The number of nitrogens with zero attached hydrogens (tertiary/aromatic N) is 2. The van der Waals surface area contributed by atoms with Gasteiger partial charge in [0, 0.05) is 36.2 Å². The van der Waals surface area contributed by atoms with E-state index in [2.05, 4.69) is 68.0 Å². The Balaban J connectivity index is 2.21. The molecule has 1 aromatic carbocycles. The highest BCUT2D eigenvalue weighted by Gasteiger charge is 2.20. The van der Waals surface area contributed by atoms with Crippen molar-refractivity contribution in [2.45, 2.75) is 34.2 Å². The molecular weight excluding hydrogens is 274 g/mol. The number of rotatable bonds is 6. The van der Waals surface area contributed by atoms with Gasteiger partial charge in [-0.25, -0.2) is 0 Å². The van der Waals surface area contributed by atoms with Gasteiger partial charge >= 0.3 is 0 Å². The van der Waals surface area contributed by atoms with Crippen LogP contribution in [-0.2, 0) is 6.54 Å². The molecule has 0 aliphatic heterocycles. The van der Waals surface area contributed by atoms with Gasteiger partial charge in [0.05, 0.1) is 11.9 Å². The summed E-state index contributed by atoms with van der Waals surface area (Å²) >= 11 is 0. The van der Waals surface area contributed by atoms with Gasteiger partial charge in [0.1, 0.15) is 0 Å². The normalized spacial score (nSPS) is 12.1. The maximum Gasteiger partial charge on any atom is 0.0698 e. The van der Waals surface area contributed by atoms with E-state index in [1.807, 2.05) is 6.20 Å². The van der Waals surface area contributed by atoms with Crippen molar-refractivity contribution in [1.82, 2.24) is 15.1 Å². The van der Waals surface area contributed by atoms with Crippen molar-refractivity contribution in [2.24, 2.45) is 5.41 Å². The van der Waals surface area contributed by atoms with Crippen LogP contribution < -0.4 is 0 Å². The third kappa shape index (κ3) is 3.96. The first-order valence-corrected chi connectivity index (χ1v) is 7.72. The van der Waals surface area contributed by atoms with Gasteiger partial charge < -0.3 is 10.0 Å². The molecule has 0 amide bonds. The highest BCUT2D eigenvalue weighted by Crippen LogP contribution is 2.27. The van der Waals surface area contributed by atoms with Gasteiger partial charge in [-0.1, -0.05) is 31.5 Å². The summed E-state index contributed by atoms with van der Waals surface area (Å²) in [5.74, 6) is 0. The minimum Gasteiger partial charge on any atom is -0.396 e. The van der Waals surface area contributed by atoms with Gasteiger partial charge in [-0.15, -0.1) is 0 Å². The topological polar surface area (TPSA) is 52.2 Å². The number of aliphatic hydroxyl groups is 1. The van der Waals surface area contributed by atoms with Crippen LogP contribution in [0.5, 0.6) is 0 Å². The molecule has 0 fully saturated rings. The van der Waals surface area contributed by atoms with Crippen molar-refractivity contribution in [3.05, 3.63) is 41.1 Å². The summed E-state index contributed by atoms with van der Waals surface area (Å²) in [5, 5.41) is 16.8. The molecule has 1 heterocycles. The Bertz CT molecular complexity index is 631. The zero-order valence-corrected chi connectivity index (χ0v) is 14.3. The highest BCUT2D eigenvalue weighted by atomic mass is 16.3. The van der Waals surface area contributed by atoms with Crippen molar-refractivity contribution in [2.75, 3.05) is 20.2 Å². The Hall–Kier alpha value is -1.65. The third-order valence-electron chi connectivity index (χ3n) is 3.95. The Morgan fingerprint density at radius 2 is 2.00 bits per heavy atom. The average Bonchev–Trinajstić information content (AvgIpc) is 2.88. The van der Waals surface area contributed by atoms with Crippen molar-refractivity contribution in [3.8, 4) is 11.3 Å². The first-order valence-electron chi connectivity index (χ1n) is 7.72. The van der Waals surface area contributed by atoms with E-state index in [0.717, 1.165) is 18.8 Å². The van der Waals surface area contributed by atoms with E-state index < -0.39 is 0 Å². The van der Waals surface area contributed by atoms with Crippen LogP contribution in [0.15, 0.2) is 24.4 Å². The molecule has 4 nitrogen and oxygen atoms in total. The van der Waals surface area contributed by atoms with Crippen molar-refractivity contribution in [3.63, 3.8) is 0 Å². The summed E-state index contributed by atoms with van der Waals surface area (Å²) in [5.41, 5.74) is 5.88. The minimum atomic E-state index is -0.0993. The van der Waals surface area contributed by atoms with E-state index in [1.54, 1.807) is 0 Å². The lowest BCUT2D eigenvalue weighted by molar-refractivity contribution is 0.112. The fraction of sp³-hybridized carbons (Fsp3) is 0.500. The number of nitrogens with one attached hydrogen (secondary N) is 1. The van der Waals surface area contributed by atoms with Crippen LogP contribution in [0.25, 0.3) is 11.3 Å². The molecule has 0 unspecified atom stereocenters. The lowest BCUT2D eigenvalue weighted by atomic mass is 9.94. The molecule has 4 heteroatoms. The molecule has 0 spiro atoms. The lowest BCUT2D eigenvalue weighted by Gasteiger charge is -2.28. The van der Waals surface area contributed by atoms with Crippen molar-refractivity contribution < 1.29 is 5.11 Å². The first-order chi connectivity index (χ1) is 10.3. The van der Waals surface area contributed by atoms with E-state index in [0.29, 0.717) is 0 Å². The summed E-state index contributed by atoms with van der Waals surface area (Å²) in [7, 11) is 2.08. The number of benzene rings is 1. The Morgan fingerprint density at radius 3 is 2.68 bits per heavy atom. The van der Waals surface area contributed by atoms with Gasteiger partial charge in [0.15, 0.2) is 0 Å². The summed E-state index contributed by atoms with van der Waals surface area (Å²) in [6.07, 6.45) is 1.90. The smallest absolute Gasteiger partial charge is 0.0698 e. The van der Waals surface area contributed by atoms with E-state index in [9.17, 15) is 5.11 Å². The predicted octanol–water partition coefficient (Wildman–Crippen LogP) is 3.14. The van der Waals surface area contributed by atoms with Crippen LogP contribution >= 0.6 is 0 Å². The molecule has 22 heavy (non-hydrogen) atoms.